The van der Waals surface area contributed by atoms with Gasteiger partial charge < -0.3 is 0 Å². The quantitative estimate of drug-likeness (QED) is 0.200. The molecule has 1 aromatic heterocycles. The fraction of sp³-hybridized carbons (Fsp3) is 0.0476. The molecular formula is C42H32N4. The average molecular weight is 593 g/mol. The predicted molar refractivity (Wildman–Crippen MR) is 189 cm³/mol. The first-order valence-corrected chi connectivity index (χ1v) is 15.6. The summed E-state index contributed by atoms with van der Waals surface area (Å²) in [4.78, 5) is 9.89. The lowest BCUT2D eigenvalue weighted by Crippen LogP contribution is -2.37. The predicted octanol–water partition coefficient (Wildman–Crippen LogP) is 9.70. The summed E-state index contributed by atoms with van der Waals surface area (Å²) >= 11 is 0. The number of nitrogens with zero attached hydrogens (tertiary/aromatic N) is 3. The summed E-state index contributed by atoms with van der Waals surface area (Å²) in [5.41, 5.74) is 13.9. The van der Waals surface area contributed by atoms with E-state index in [0.717, 1.165) is 39.2 Å². The number of aliphatic imine (C=N–C) groups is 1. The molecule has 220 valence electrons. The van der Waals surface area contributed by atoms with Crippen LogP contribution >= 0.6 is 0 Å². The van der Waals surface area contributed by atoms with Crippen molar-refractivity contribution in [1.82, 2.24) is 15.4 Å². The van der Waals surface area contributed by atoms with Gasteiger partial charge in [-0.1, -0.05) is 140 Å². The topological polar surface area (TPSA) is 40.5 Å². The molecule has 4 nitrogen and oxygen atoms in total. The summed E-state index contributed by atoms with van der Waals surface area (Å²) in [6.45, 7) is 0.655. The van der Waals surface area contributed by atoms with E-state index in [4.69, 9.17) is 9.98 Å². The minimum absolute atomic E-state index is 0.150. The van der Waals surface area contributed by atoms with Gasteiger partial charge in [-0.2, -0.15) is 0 Å². The second kappa shape index (κ2) is 12.3. The average Bonchev–Trinajstić information content (AvgIpc) is 3.56. The van der Waals surface area contributed by atoms with E-state index >= 15 is 0 Å². The Hall–Kier alpha value is -5.84. The third-order valence-corrected chi connectivity index (χ3v) is 8.54. The fourth-order valence-electron chi connectivity index (χ4n) is 6.25. The third kappa shape index (κ3) is 5.58. The van der Waals surface area contributed by atoms with Gasteiger partial charge in [0.15, 0.2) is 0 Å². The lowest BCUT2D eigenvalue weighted by molar-refractivity contribution is 0.293. The highest BCUT2D eigenvalue weighted by Crippen LogP contribution is 2.33. The Morgan fingerprint density at radius 3 is 1.83 bits per heavy atom. The van der Waals surface area contributed by atoms with Crippen LogP contribution in [0.25, 0.3) is 44.3 Å². The number of rotatable bonds is 7. The van der Waals surface area contributed by atoms with Crippen LogP contribution in [0.5, 0.6) is 0 Å². The van der Waals surface area contributed by atoms with E-state index in [-0.39, 0.29) is 6.17 Å². The zero-order valence-electron chi connectivity index (χ0n) is 25.3. The molecule has 7 aromatic rings. The van der Waals surface area contributed by atoms with Gasteiger partial charge in [0.25, 0.3) is 0 Å². The summed E-state index contributed by atoms with van der Waals surface area (Å²) in [6, 6.07) is 57.6. The van der Waals surface area contributed by atoms with Crippen molar-refractivity contribution in [2.24, 2.45) is 4.99 Å². The van der Waals surface area contributed by atoms with Crippen molar-refractivity contribution in [1.29, 1.82) is 0 Å². The molecule has 0 bridgehead atoms. The summed E-state index contributed by atoms with van der Waals surface area (Å²) in [5, 5.41) is 4.55. The van der Waals surface area contributed by atoms with Crippen molar-refractivity contribution >= 4 is 16.6 Å². The maximum absolute atomic E-state index is 5.15. The van der Waals surface area contributed by atoms with Crippen LogP contribution in [0.2, 0.25) is 0 Å². The number of benzene rings is 6. The Morgan fingerprint density at radius 2 is 1.11 bits per heavy atom. The number of hydrogen-bond donors (Lipinski definition) is 1. The van der Waals surface area contributed by atoms with Gasteiger partial charge in [0.05, 0.1) is 12.2 Å². The number of fused-ring (bicyclic) bond motifs is 1. The summed E-state index contributed by atoms with van der Waals surface area (Å²) in [6.07, 6.45) is 1.74. The highest BCUT2D eigenvalue weighted by Gasteiger charge is 2.27. The highest BCUT2D eigenvalue weighted by atomic mass is 15.6. The molecule has 2 heterocycles. The Morgan fingerprint density at radius 1 is 0.522 bits per heavy atom. The van der Waals surface area contributed by atoms with Crippen molar-refractivity contribution in [3.8, 4) is 33.5 Å². The molecule has 0 saturated heterocycles. The van der Waals surface area contributed by atoms with Gasteiger partial charge in [0, 0.05) is 22.7 Å². The van der Waals surface area contributed by atoms with E-state index < -0.39 is 0 Å². The number of aromatic nitrogens is 1. The van der Waals surface area contributed by atoms with Crippen LogP contribution in [-0.4, -0.2) is 15.8 Å². The molecule has 4 heteroatoms. The molecule has 0 fully saturated rings. The van der Waals surface area contributed by atoms with Crippen LogP contribution < -0.4 is 5.43 Å². The molecule has 1 aliphatic heterocycles. The lowest BCUT2D eigenvalue weighted by atomic mass is 9.95. The molecule has 6 aromatic carbocycles. The largest absolute Gasteiger partial charge is 0.285 e. The normalized spacial score (nSPS) is 14.4. The Kier molecular flexibility index (Phi) is 7.39. The highest BCUT2D eigenvalue weighted by molar-refractivity contribution is 5.99. The van der Waals surface area contributed by atoms with Crippen molar-refractivity contribution in [3.63, 3.8) is 0 Å². The van der Waals surface area contributed by atoms with Gasteiger partial charge in [-0.3, -0.25) is 9.99 Å². The van der Waals surface area contributed by atoms with E-state index in [0.29, 0.717) is 6.54 Å². The minimum atomic E-state index is -0.150. The number of amidine groups is 1. The van der Waals surface area contributed by atoms with Crippen molar-refractivity contribution < 1.29 is 0 Å². The summed E-state index contributed by atoms with van der Waals surface area (Å²) in [7, 11) is 0. The van der Waals surface area contributed by atoms with Crippen molar-refractivity contribution in [2.75, 3.05) is 0 Å². The SMILES string of the molecule is c1ccc(C2=NC(c3ccccc3)NN2Cc2cc(-c3ccccc3)cc(-c3ccc(-c4nccc5ccccc45)cc3)c2)cc1. The van der Waals surface area contributed by atoms with E-state index in [1.165, 1.54) is 27.6 Å². The number of hydrazine groups is 1. The molecule has 1 unspecified atom stereocenters. The Labute approximate surface area is 269 Å². The van der Waals surface area contributed by atoms with Gasteiger partial charge >= 0.3 is 0 Å². The van der Waals surface area contributed by atoms with Crippen LogP contribution in [0.4, 0.5) is 0 Å². The first-order chi connectivity index (χ1) is 22.8. The zero-order chi connectivity index (χ0) is 30.7. The lowest BCUT2D eigenvalue weighted by Gasteiger charge is -2.23. The first kappa shape index (κ1) is 27.7. The maximum Gasteiger partial charge on any atom is 0.147 e. The Balaban J connectivity index is 1.16. The van der Waals surface area contributed by atoms with Gasteiger partial charge in [-0.15, -0.1) is 0 Å². The molecule has 1 aliphatic rings. The van der Waals surface area contributed by atoms with Gasteiger partial charge in [-0.05, 0) is 63.0 Å². The van der Waals surface area contributed by atoms with E-state index in [2.05, 4.69) is 162 Å². The molecule has 1 N–H and O–H groups in total. The van der Waals surface area contributed by atoms with Crippen LogP contribution in [0.3, 0.4) is 0 Å². The molecule has 46 heavy (non-hydrogen) atoms. The second-order valence-corrected chi connectivity index (χ2v) is 11.6. The smallest absolute Gasteiger partial charge is 0.147 e. The van der Waals surface area contributed by atoms with E-state index in [1.807, 2.05) is 18.3 Å². The molecule has 0 amide bonds. The molecule has 8 rings (SSSR count). The van der Waals surface area contributed by atoms with Crippen molar-refractivity contribution in [2.45, 2.75) is 12.7 Å². The molecule has 0 aliphatic carbocycles. The third-order valence-electron chi connectivity index (χ3n) is 8.54. The monoisotopic (exact) mass is 592 g/mol. The summed E-state index contributed by atoms with van der Waals surface area (Å²) < 4.78 is 0. The zero-order valence-corrected chi connectivity index (χ0v) is 25.3. The maximum atomic E-state index is 5.15. The molecule has 0 radical (unpaired) electrons. The van der Waals surface area contributed by atoms with Crippen molar-refractivity contribution in [3.05, 3.63) is 187 Å². The van der Waals surface area contributed by atoms with Gasteiger partial charge in [0.1, 0.15) is 12.0 Å². The number of pyridine rings is 1. The van der Waals surface area contributed by atoms with Crippen LogP contribution in [-0.2, 0) is 6.54 Å². The minimum Gasteiger partial charge on any atom is -0.285 e. The standard InChI is InChI=1S/C42H32N4/c1-4-12-31(13-5-1)37-26-30(29-46-42(36-17-8-3-9-18-36)44-41(45-46)35-15-6-2-7-16-35)27-38(28-37)32-20-22-34(23-21-32)40-39-19-11-10-14-33(39)24-25-43-40/h1-28,41,45H,29H2. The molecule has 1 atom stereocenters. The summed E-state index contributed by atoms with van der Waals surface area (Å²) in [5.74, 6) is 0.938. The van der Waals surface area contributed by atoms with Gasteiger partial charge in [0.2, 0.25) is 0 Å². The number of hydrogen-bond acceptors (Lipinski definition) is 4. The second-order valence-electron chi connectivity index (χ2n) is 11.6. The molecular weight excluding hydrogens is 560 g/mol. The molecule has 0 spiro atoms. The van der Waals surface area contributed by atoms with Gasteiger partial charge in [-0.25, -0.2) is 10.4 Å². The van der Waals surface area contributed by atoms with E-state index in [1.54, 1.807) is 0 Å². The van der Waals surface area contributed by atoms with Crippen LogP contribution in [0, 0.1) is 0 Å². The molecule has 0 saturated carbocycles. The van der Waals surface area contributed by atoms with Crippen LogP contribution in [0.15, 0.2) is 175 Å². The first-order valence-electron chi connectivity index (χ1n) is 15.6. The van der Waals surface area contributed by atoms with E-state index in [9.17, 15) is 0 Å². The Bertz CT molecular complexity index is 2140. The number of nitrogens with one attached hydrogen (secondary N) is 1. The fourth-order valence-corrected chi connectivity index (χ4v) is 6.25. The van der Waals surface area contributed by atoms with Crippen LogP contribution in [0.1, 0.15) is 22.9 Å².